The first-order valence-corrected chi connectivity index (χ1v) is 9.70. The molecule has 1 aromatic heterocycles. The largest absolute Gasteiger partial charge is 0.388 e. The van der Waals surface area contributed by atoms with Crippen LogP contribution in [-0.4, -0.2) is 5.11 Å². The molecule has 1 rings (SSSR count). The van der Waals surface area contributed by atoms with Crippen molar-refractivity contribution in [1.82, 2.24) is 0 Å². The summed E-state index contributed by atoms with van der Waals surface area (Å²) in [6.07, 6.45) is 12.6. The third-order valence-electron chi connectivity index (χ3n) is 3.79. The zero-order valence-electron chi connectivity index (χ0n) is 13.0. The molecule has 3 heteroatoms. The number of thiophene rings is 1. The van der Waals surface area contributed by atoms with E-state index in [4.69, 9.17) is 0 Å². The van der Waals surface area contributed by atoms with E-state index < -0.39 is 0 Å². The molecule has 1 aromatic rings. The third kappa shape index (κ3) is 7.24. The quantitative estimate of drug-likeness (QED) is 0.431. The van der Waals surface area contributed by atoms with Crippen LogP contribution in [0.4, 0.5) is 0 Å². The SMILES string of the molecule is CCCCCCCCCCCC(O)c1cc(Br)c(C)s1. The number of unbranched alkanes of at least 4 members (excludes halogenated alkanes) is 8. The highest BCUT2D eigenvalue weighted by molar-refractivity contribution is 9.10. The number of rotatable bonds is 11. The zero-order valence-corrected chi connectivity index (χ0v) is 15.4. The standard InChI is InChI=1S/C17H29BrOS/c1-3-4-5-6-7-8-9-10-11-12-16(19)17-13-15(18)14(2)20-17/h13,16,19H,3-12H2,1-2H3. The lowest BCUT2D eigenvalue weighted by atomic mass is 10.0. The number of aliphatic hydroxyl groups excluding tert-OH is 1. The first kappa shape index (κ1) is 18.2. The van der Waals surface area contributed by atoms with Gasteiger partial charge < -0.3 is 5.11 Å². The predicted octanol–water partition coefficient (Wildman–Crippen LogP) is 6.77. The molecule has 1 atom stereocenters. The van der Waals surface area contributed by atoms with Gasteiger partial charge in [0.05, 0.1) is 6.10 Å². The fourth-order valence-corrected chi connectivity index (χ4v) is 4.02. The van der Waals surface area contributed by atoms with E-state index in [0.29, 0.717) is 0 Å². The molecule has 0 aliphatic carbocycles. The molecule has 0 amide bonds. The number of aryl methyl sites for hydroxylation is 1. The molecule has 0 aromatic carbocycles. The summed E-state index contributed by atoms with van der Waals surface area (Å²) in [5.74, 6) is 0. The third-order valence-corrected chi connectivity index (χ3v) is 6.02. The Morgan fingerprint density at radius 1 is 1.05 bits per heavy atom. The molecule has 20 heavy (non-hydrogen) atoms. The van der Waals surface area contributed by atoms with Crippen LogP contribution >= 0.6 is 27.3 Å². The smallest absolute Gasteiger partial charge is 0.0882 e. The van der Waals surface area contributed by atoms with Gasteiger partial charge in [-0.2, -0.15) is 0 Å². The van der Waals surface area contributed by atoms with Crippen LogP contribution in [0, 0.1) is 6.92 Å². The van der Waals surface area contributed by atoms with Crippen LogP contribution in [0.1, 0.15) is 87.0 Å². The molecular formula is C17H29BrOS. The Kier molecular flexibility index (Phi) is 9.83. The second-order valence-corrected chi connectivity index (χ2v) is 7.83. The average molecular weight is 361 g/mol. The maximum Gasteiger partial charge on any atom is 0.0882 e. The normalized spacial score (nSPS) is 12.8. The molecule has 1 nitrogen and oxygen atoms in total. The first-order chi connectivity index (χ1) is 9.65. The minimum atomic E-state index is -0.269. The highest BCUT2D eigenvalue weighted by Gasteiger charge is 2.11. The maximum absolute atomic E-state index is 10.1. The van der Waals surface area contributed by atoms with E-state index in [1.54, 1.807) is 11.3 Å². The van der Waals surface area contributed by atoms with E-state index >= 15 is 0 Å². The van der Waals surface area contributed by atoms with Gasteiger partial charge >= 0.3 is 0 Å². The summed E-state index contributed by atoms with van der Waals surface area (Å²) >= 11 is 5.22. The molecule has 1 unspecified atom stereocenters. The van der Waals surface area contributed by atoms with E-state index in [2.05, 4.69) is 35.8 Å². The lowest BCUT2D eigenvalue weighted by Gasteiger charge is -2.08. The van der Waals surface area contributed by atoms with Crippen LogP contribution in [0.5, 0.6) is 0 Å². The Labute approximate surface area is 136 Å². The minimum absolute atomic E-state index is 0.269. The van der Waals surface area contributed by atoms with E-state index in [-0.39, 0.29) is 6.10 Å². The van der Waals surface area contributed by atoms with Gasteiger partial charge in [0, 0.05) is 14.2 Å². The Hall–Kier alpha value is 0.140. The summed E-state index contributed by atoms with van der Waals surface area (Å²) in [6, 6.07) is 2.07. The minimum Gasteiger partial charge on any atom is -0.388 e. The highest BCUT2D eigenvalue weighted by atomic mass is 79.9. The number of aliphatic hydroxyl groups is 1. The molecule has 0 radical (unpaired) electrons. The van der Waals surface area contributed by atoms with Gasteiger partial charge in [-0.3, -0.25) is 0 Å². The van der Waals surface area contributed by atoms with Gasteiger partial charge in [0.1, 0.15) is 0 Å². The molecular weight excluding hydrogens is 332 g/mol. The van der Waals surface area contributed by atoms with Crippen LogP contribution in [0.25, 0.3) is 0 Å². The second-order valence-electron chi connectivity index (χ2n) is 5.69. The van der Waals surface area contributed by atoms with Crippen molar-refractivity contribution in [2.75, 3.05) is 0 Å². The molecule has 0 spiro atoms. The van der Waals surface area contributed by atoms with E-state index in [9.17, 15) is 5.11 Å². The van der Waals surface area contributed by atoms with E-state index in [1.165, 1.54) is 56.2 Å². The lowest BCUT2D eigenvalue weighted by Crippen LogP contribution is -1.94. The first-order valence-electron chi connectivity index (χ1n) is 8.09. The fourth-order valence-electron chi connectivity index (χ4n) is 2.44. The van der Waals surface area contributed by atoms with Crippen molar-refractivity contribution in [3.05, 3.63) is 20.3 Å². The van der Waals surface area contributed by atoms with Crippen molar-refractivity contribution in [1.29, 1.82) is 0 Å². The van der Waals surface area contributed by atoms with Gasteiger partial charge in [0.25, 0.3) is 0 Å². The molecule has 0 saturated heterocycles. The number of halogens is 1. The van der Waals surface area contributed by atoms with Crippen LogP contribution in [0.3, 0.4) is 0 Å². The highest BCUT2D eigenvalue weighted by Crippen LogP contribution is 2.32. The Morgan fingerprint density at radius 2 is 1.60 bits per heavy atom. The van der Waals surface area contributed by atoms with Gasteiger partial charge in [-0.15, -0.1) is 11.3 Å². The zero-order chi connectivity index (χ0) is 14.8. The summed E-state index contributed by atoms with van der Waals surface area (Å²) in [4.78, 5) is 2.36. The van der Waals surface area contributed by atoms with Gasteiger partial charge in [-0.25, -0.2) is 0 Å². The predicted molar refractivity (Wildman–Crippen MR) is 93.6 cm³/mol. The Balaban J connectivity index is 2.01. The summed E-state index contributed by atoms with van der Waals surface area (Å²) in [7, 11) is 0. The maximum atomic E-state index is 10.1. The molecule has 116 valence electrons. The van der Waals surface area contributed by atoms with Crippen LogP contribution in [0.15, 0.2) is 10.5 Å². The van der Waals surface area contributed by atoms with Gasteiger partial charge in [0.2, 0.25) is 0 Å². The summed E-state index contributed by atoms with van der Waals surface area (Å²) in [5.41, 5.74) is 0. The summed E-state index contributed by atoms with van der Waals surface area (Å²) < 4.78 is 1.13. The molecule has 1 heterocycles. The van der Waals surface area contributed by atoms with Crippen molar-refractivity contribution in [3.63, 3.8) is 0 Å². The van der Waals surface area contributed by atoms with Crippen LogP contribution in [0.2, 0.25) is 0 Å². The molecule has 0 bridgehead atoms. The monoisotopic (exact) mass is 360 g/mol. The van der Waals surface area contributed by atoms with Crippen LogP contribution < -0.4 is 0 Å². The van der Waals surface area contributed by atoms with Gasteiger partial charge in [-0.1, -0.05) is 64.7 Å². The summed E-state index contributed by atoms with van der Waals surface area (Å²) in [5, 5.41) is 10.1. The second kappa shape index (κ2) is 10.8. The average Bonchev–Trinajstić information content (AvgIpc) is 2.77. The van der Waals surface area contributed by atoms with Crippen molar-refractivity contribution >= 4 is 27.3 Å². The molecule has 0 aliphatic heterocycles. The molecule has 1 N–H and O–H groups in total. The Morgan fingerprint density at radius 3 is 2.10 bits per heavy atom. The Bertz CT molecular complexity index is 342. The van der Waals surface area contributed by atoms with E-state index in [1.807, 2.05) is 0 Å². The lowest BCUT2D eigenvalue weighted by molar-refractivity contribution is 0.167. The number of hydrogen-bond acceptors (Lipinski definition) is 2. The van der Waals surface area contributed by atoms with Crippen molar-refractivity contribution < 1.29 is 5.11 Å². The molecule has 0 saturated carbocycles. The van der Waals surface area contributed by atoms with E-state index in [0.717, 1.165) is 22.2 Å². The summed E-state index contributed by atoms with van der Waals surface area (Å²) in [6.45, 7) is 4.35. The van der Waals surface area contributed by atoms with Gasteiger partial charge in [0.15, 0.2) is 0 Å². The van der Waals surface area contributed by atoms with Crippen molar-refractivity contribution in [3.8, 4) is 0 Å². The molecule has 0 fully saturated rings. The van der Waals surface area contributed by atoms with Gasteiger partial charge in [-0.05, 0) is 35.3 Å². The van der Waals surface area contributed by atoms with Crippen molar-refractivity contribution in [2.45, 2.75) is 84.2 Å². The molecule has 0 aliphatic rings. The topological polar surface area (TPSA) is 20.2 Å². The number of hydrogen-bond donors (Lipinski definition) is 1. The van der Waals surface area contributed by atoms with Crippen molar-refractivity contribution in [2.24, 2.45) is 0 Å². The van der Waals surface area contributed by atoms with Crippen LogP contribution in [-0.2, 0) is 0 Å². The fraction of sp³-hybridized carbons (Fsp3) is 0.765.